The van der Waals surface area contributed by atoms with Crippen molar-refractivity contribution in [3.63, 3.8) is 0 Å². The van der Waals surface area contributed by atoms with Crippen LogP contribution in [-0.4, -0.2) is 46.6 Å². The predicted octanol–water partition coefficient (Wildman–Crippen LogP) is 3.08. The molecule has 0 atom stereocenters. The Morgan fingerprint density at radius 2 is 2.04 bits per heavy atom. The highest BCUT2D eigenvalue weighted by atomic mass is 79.9. The van der Waals surface area contributed by atoms with E-state index in [0.29, 0.717) is 10.7 Å². The van der Waals surface area contributed by atoms with Gasteiger partial charge in [-0.2, -0.15) is 0 Å². The number of halogens is 1. The molecular formula is C19H16BrN3O4S. The lowest BCUT2D eigenvalue weighted by molar-refractivity contribution is -0.125. The largest absolute Gasteiger partial charge is 0.484 e. The highest BCUT2D eigenvalue weighted by Crippen LogP contribution is 2.31. The van der Waals surface area contributed by atoms with Crippen molar-refractivity contribution in [2.24, 2.45) is 0 Å². The van der Waals surface area contributed by atoms with Gasteiger partial charge in [0.15, 0.2) is 6.61 Å². The fourth-order valence-corrected chi connectivity index (χ4v) is 3.47. The third-order valence-electron chi connectivity index (χ3n) is 3.70. The van der Waals surface area contributed by atoms with Gasteiger partial charge < -0.3 is 10.1 Å². The molecule has 9 heteroatoms. The molecule has 7 nitrogen and oxygen atoms in total. The Bertz CT molecular complexity index is 903. The van der Waals surface area contributed by atoms with Gasteiger partial charge in [0.2, 0.25) is 0 Å². The van der Waals surface area contributed by atoms with Crippen LogP contribution in [0.2, 0.25) is 0 Å². The number of amides is 3. The number of rotatable bonds is 7. The normalized spacial score (nSPS) is 15.2. The van der Waals surface area contributed by atoms with Crippen molar-refractivity contribution in [3.8, 4) is 5.75 Å². The van der Waals surface area contributed by atoms with Crippen LogP contribution in [0.15, 0.2) is 58.2 Å². The average molecular weight is 462 g/mol. The third kappa shape index (κ3) is 5.43. The standard InChI is InChI=1S/C19H16BrN3O4S/c20-14-3-5-15(6-4-14)27-12-17(24)22-8-9-23-18(25)16(28-19(23)26)10-13-2-1-7-21-11-13/h1-7,10-11H,8-9,12H2,(H,22,24)/b16-10+. The number of nitrogens with one attached hydrogen (secondary N) is 1. The van der Waals surface area contributed by atoms with E-state index >= 15 is 0 Å². The minimum atomic E-state index is -0.376. The van der Waals surface area contributed by atoms with E-state index in [4.69, 9.17) is 4.74 Å². The summed E-state index contributed by atoms with van der Waals surface area (Å²) in [6.45, 7) is 0.101. The van der Waals surface area contributed by atoms with Crippen LogP contribution in [0.25, 0.3) is 6.08 Å². The molecule has 3 amide bonds. The smallest absolute Gasteiger partial charge is 0.293 e. The summed E-state index contributed by atoms with van der Waals surface area (Å²) < 4.78 is 6.29. The Labute approximate surface area is 174 Å². The quantitative estimate of drug-likeness (QED) is 0.637. The van der Waals surface area contributed by atoms with Crippen molar-refractivity contribution in [1.82, 2.24) is 15.2 Å². The Balaban J connectivity index is 1.46. The van der Waals surface area contributed by atoms with Crippen molar-refractivity contribution in [1.29, 1.82) is 0 Å². The molecule has 2 aromatic rings. The maximum absolute atomic E-state index is 12.4. The first kappa shape index (κ1) is 20.1. The van der Waals surface area contributed by atoms with Crippen LogP contribution in [0.3, 0.4) is 0 Å². The van der Waals surface area contributed by atoms with E-state index in [0.717, 1.165) is 26.7 Å². The van der Waals surface area contributed by atoms with Gasteiger partial charge in [-0.25, -0.2) is 0 Å². The fraction of sp³-hybridized carbons (Fsp3) is 0.158. The molecule has 28 heavy (non-hydrogen) atoms. The third-order valence-corrected chi connectivity index (χ3v) is 5.13. The summed E-state index contributed by atoms with van der Waals surface area (Å²) in [5.74, 6) is -0.134. The number of imide groups is 1. The topological polar surface area (TPSA) is 88.6 Å². The number of carbonyl (C=O) groups is 3. The molecule has 1 aromatic heterocycles. The molecule has 1 aliphatic heterocycles. The van der Waals surface area contributed by atoms with Gasteiger partial charge in [-0.3, -0.25) is 24.3 Å². The molecule has 0 spiro atoms. The first-order chi connectivity index (χ1) is 13.5. The van der Waals surface area contributed by atoms with Crippen molar-refractivity contribution in [2.45, 2.75) is 0 Å². The molecule has 0 aliphatic carbocycles. The number of benzene rings is 1. The number of aromatic nitrogens is 1. The summed E-state index contributed by atoms with van der Waals surface area (Å²) in [5, 5.41) is 2.28. The zero-order valence-electron chi connectivity index (χ0n) is 14.6. The van der Waals surface area contributed by atoms with Crippen LogP contribution < -0.4 is 10.1 Å². The average Bonchev–Trinajstić information content (AvgIpc) is 2.95. The second-order valence-corrected chi connectivity index (χ2v) is 7.62. The summed E-state index contributed by atoms with van der Waals surface area (Å²) >= 11 is 4.19. The number of hydrogen-bond donors (Lipinski definition) is 1. The Morgan fingerprint density at radius 3 is 2.75 bits per heavy atom. The van der Waals surface area contributed by atoms with E-state index in [1.807, 2.05) is 12.1 Å². The molecule has 2 heterocycles. The van der Waals surface area contributed by atoms with Gasteiger partial charge in [-0.1, -0.05) is 22.0 Å². The predicted molar refractivity (Wildman–Crippen MR) is 110 cm³/mol. The summed E-state index contributed by atoms with van der Waals surface area (Å²) in [7, 11) is 0. The molecule has 1 aromatic carbocycles. The molecule has 1 N–H and O–H groups in total. The van der Waals surface area contributed by atoms with Gasteiger partial charge >= 0.3 is 0 Å². The van der Waals surface area contributed by atoms with E-state index < -0.39 is 0 Å². The maximum atomic E-state index is 12.4. The van der Waals surface area contributed by atoms with Crippen molar-refractivity contribution >= 4 is 50.8 Å². The van der Waals surface area contributed by atoms with Crippen LogP contribution in [-0.2, 0) is 9.59 Å². The molecular weight excluding hydrogens is 446 g/mol. The molecule has 1 aliphatic rings. The molecule has 0 bridgehead atoms. The van der Waals surface area contributed by atoms with Crippen LogP contribution in [0.1, 0.15) is 5.56 Å². The lowest BCUT2D eigenvalue weighted by atomic mass is 10.2. The van der Waals surface area contributed by atoms with E-state index in [9.17, 15) is 14.4 Å². The van der Waals surface area contributed by atoms with Gasteiger partial charge in [0, 0.05) is 30.0 Å². The number of hydrogen-bond acceptors (Lipinski definition) is 6. The Hall–Kier alpha value is -2.65. The second kappa shape index (κ2) is 9.52. The van der Waals surface area contributed by atoms with E-state index in [1.165, 1.54) is 0 Å². The minimum Gasteiger partial charge on any atom is -0.484 e. The van der Waals surface area contributed by atoms with Gasteiger partial charge in [0.25, 0.3) is 17.1 Å². The highest BCUT2D eigenvalue weighted by molar-refractivity contribution is 9.10. The van der Waals surface area contributed by atoms with E-state index in [2.05, 4.69) is 26.2 Å². The highest BCUT2D eigenvalue weighted by Gasteiger charge is 2.34. The van der Waals surface area contributed by atoms with Crippen LogP contribution >= 0.6 is 27.7 Å². The number of thioether (sulfide) groups is 1. The summed E-state index contributed by atoms with van der Waals surface area (Å²) in [6, 6.07) is 10.7. The SMILES string of the molecule is O=C(COc1ccc(Br)cc1)NCCN1C(=O)S/C(=C/c2cccnc2)C1=O. The molecule has 0 saturated carbocycles. The van der Waals surface area contributed by atoms with Gasteiger partial charge in [0.05, 0.1) is 4.91 Å². The lowest BCUT2D eigenvalue weighted by Crippen LogP contribution is -2.38. The van der Waals surface area contributed by atoms with Crippen molar-refractivity contribution in [2.75, 3.05) is 19.7 Å². The van der Waals surface area contributed by atoms with Crippen molar-refractivity contribution in [3.05, 3.63) is 63.7 Å². The molecule has 3 rings (SSSR count). The van der Waals surface area contributed by atoms with Gasteiger partial charge in [-0.15, -0.1) is 0 Å². The van der Waals surface area contributed by atoms with Crippen molar-refractivity contribution < 1.29 is 19.1 Å². The lowest BCUT2D eigenvalue weighted by Gasteiger charge is -2.13. The van der Waals surface area contributed by atoms with Gasteiger partial charge in [0.1, 0.15) is 5.75 Å². The summed E-state index contributed by atoms with van der Waals surface area (Å²) in [4.78, 5) is 41.8. The molecule has 1 fully saturated rings. The van der Waals surface area contributed by atoms with Crippen LogP contribution in [0, 0.1) is 0 Å². The summed E-state index contributed by atoms with van der Waals surface area (Å²) in [6.07, 6.45) is 4.87. The first-order valence-corrected chi connectivity index (χ1v) is 9.94. The first-order valence-electron chi connectivity index (χ1n) is 8.33. The molecule has 1 saturated heterocycles. The fourth-order valence-electron chi connectivity index (χ4n) is 2.34. The number of carbonyl (C=O) groups excluding carboxylic acids is 3. The molecule has 0 radical (unpaired) electrons. The monoisotopic (exact) mass is 461 g/mol. The van der Waals surface area contributed by atoms with Crippen LogP contribution in [0.4, 0.5) is 4.79 Å². The number of nitrogens with zero attached hydrogens (tertiary/aromatic N) is 2. The van der Waals surface area contributed by atoms with Gasteiger partial charge in [-0.05, 0) is 53.7 Å². The van der Waals surface area contributed by atoms with E-state index in [-0.39, 0.29) is 36.7 Å². The number of ether oxygens (including phenoxy) is 1. The van der Waals surface area contributed by atoms with Crippen LogP contribution in [0.5, 0.6) is 5.75 Å². The molecule has 0 unspecified atom stereocenters. The second-order valence-electron chi connectivity index (χ2n) is 5.71. The number of pyridine rings is 1. The Morgan fingerprint density at radius 1 is 1.25 bits per heavy atom. The zero-order valence-corrected chi connectivity index (χ0v) is 17.0. The maximum Gasteiger partial charge on any atom is 0.293 e. The Kier molecular flexibility index (Phi) is 6.83. The summed E-state index contributed by atoms with van der Waals surface area (Å²) in [5.41, 5.74) is 0.742. The minimum absolute atomic E-state index is 0.0963. The zero-order chi connectivity index (χ0) is 19.9. The van der Waals surface area contributed by atoms with E-state index in [1.54, 1.807) is 42.7 Å². The molecule has 144 valence electrons.